The van der Waals surface area contributed by atoms with Gasteiger partial charge in [0.1, 0.15) is 12.1 Å². The van der Waals surface area contributed by atoms with Crippen molar-refractivity contribution in [3.63, 3.8) is 0 Å². The van der Waals surface area contributed by atoms with Crippen LogP contribution in [0.1, 0.15) is 11.3 Å². The Bertz CT molecular complexity index is 674. The van der Waals surface area contributed by atoms with Crippen molar-refractivity contribution in [1.29, 1.82) is 0 Å². The van der Waals surface area contributed by atoms with Crippen LogP contribution in [-0.4, -0.2) is 26.7 Å². The van der Waals surface area contributed by atoms with Gasteiger partial charge < -0.3 is 9.32 Å². The molecule has 2 rings (SSSR count). The summed E-state index contributed by atoms with van der Waals surface area (Å²) >= 11 is 0. The number of hydrogen-bond acceptors (Lipinski definition) is 3. The monoisotopic (exact) mass is 292 g/mol. The molecule has 0 saturated heterocycles. The quantitative estimate of drug-likeness (QED) is 0.627. The van der Waals surface area contributed by atoms with Gasteiger partial charge in [0.2, 0.25) is 0 Å². The molecule has 106 valence electrons. The molecule has 0 aliphatic carbocycles. The van der Waals surface area contributed by atoms with E-state index in [2.05, 4.69) is 4.40 Å². The average Bonchev–Trinajstić information content (AvgIpc) is 2.90. The maximum absolute atomic E-state index is 12.0. The third-order valence-corrected chi connectivity index (χ3v) is 3.93. The zero-order chi connectivity index (χ0) is 14.6. The SMILES string of the molecule is Cc1ccc(S(=O)(=O)N=CN(C)Cc2ccco2)cc1. The molecule has 0 amide bonds. The molecule has 0 fully saturated rings. The van der Waals surface area contributed by atoms with E-state index in [-0.39, 0.29) is 4.90 Å². The van der Waals surface area contributed by atoms with Crippen LogP contribution in [0.4, 0.5) is 0 Å². The predicted molar refractivity (Wildman–Crippen MR) is 77.0 cm³/mol. The molecule has 0 atom stereocenters. The number of rotatable bonds is 5. The lowest BCUT2D eigenvalue weighted by Crippen LogP contribution is -2.16. The van der Waals surface area contributed by atoms with Crippen molar-refractivity contribution in [2.24, 2.45) is 4.40 Å². The highest BCUT2D eigenvalue weighted by Gasteiger charge is 2.11. The number of hydrogen-bond donors (Lipinski definition) is 0. The molecule has 0 N–H and O–H groups in total. The van der Waals surface area contributed by atoms with Gasteiger partial charge in [-0.2, -0.15) is 8.42 Å². The van der Waals surface area contributed by atoms with E-state index < -0.39 is 10.0 Å². The molecule has 0 aliphatic heterocycles. The smallest absolute Gasteiger partial charge is 0.283 e. The number of benzene rings is 1. The van der Waals surface area contributed by atoms with Gasteiger partial charge >= 0.3 is 0 Å². The van der Waals surface area contributed by atoms with Gasteiger partial charge in [0.25, 0.3) is 10.0 Å². The summed E-state index contributed by atoms with van der Waals surface area (Å²) in [5.41, 5.74) is 1.00. The van der Waals surface area contributed by atoms with E-state index in [1.165, 1.54) is 6.34 Å². The van der Waals surface area contributed by atoms with Gasteiger partial charge in [-0.1, -0.05) is 17.7 Å². The Morgan fingerprint density at radius 2 is 1.95 bits per heavy atom. The Labute approximate surface area is 118 Å². The van der Waals surface area contributed by atoms with Crippen molar-refractivity contribution < 1.29 is 12.8 Å². The van der Waals surface area contributed by atoms with Crippen molar-refractivity contribution in [3.05, 3.63) is 54.0 Å². The van der Waals surface area contributed by atoms with Crippen LogP contribution in [0.3, 0.4) is 0 Å². The molecule has 1 aromatic heterocycles. The summed E-state index contributed by atoms with van der Waals surface area (Å²) in [5, 5.41) is 0. The molecule has 0 radical (unpaired) electrons. The van der Waals surface area contributed by atoms with Crippen molar-refractivity contribution in [2.45, 2.75) is 18.4 Å². The third-order valence-electron chi connectivity index (χ3n) is 2.69. The zero-order valence-electron chi connectivity index (χ0n) is 11.4. The standard InChI is InChI=1S/C14H16N2O3S/c1-12-5-7-14(8-6-12)20(17,18)15-11-16(2)10-13-4-3-9-19-13/h3-9,11H,10H2,1-2H3. The topological polar surface area (TPSA) is 62.9 Å². The fourth-order valence-electron chi connectivity index (χ4n) is 1.60. The second kappa shape index (κ2) is 5.92. The molecule has 6 heteroatoms. The molecule has 1 heterocycles. The minimum atomic E-state index is -3.65. The van der Waals surface area contributed by atoms with E-state index in [4.69, 9.17) is 4.42 Å². The molecule has 0 aliphatic rings. The van der Waals surface area contributed by atoms with Gasteiger partial charge in [0.15, 0.2) is 0 Å². The van der Waals surface area contributed by atoms with Crippen molar-refractivity contribution in [2.75, 3.05) is 7.05 Å². The molecule has 0 unspecified atom stereocenters. The average molecular weight is 292 g/mol. The van der Waals surface area contributed by atoms with Crippen molar-refractivity contribution in [1.82, 2.24) is 4.90 Å². The minimum Gasteiger partial charge on any atom is -0.467 e. The number of furan rings is 1. The summed E-state index contributed by atoms with van der Waals surface area (Å²) in [7, 11) is -1.92. The maximum atomic E-state index is 12.0. The molecular formula is C14H16N2O3S. The van der Waals surface area contributed by atoms with Gasteiger partial charge in [-0.15, -0.1) is 4.40 Å². The minimum absolute atomic E-state index is 0.186. The van der Waals surface area contributed by atoms with E-state index in [9.17, 15) is 8.42 Å². The van der Waals surface area contributed by atoms with Crippen LogP contribution in [0, 0.1) is 6.92 Å². The Morgan fingerprint density at radius 1 is 1.25 bits per heavy atom. The highest BCUT2D eigenvalue weighted by Crippen LogP contribution is 2.13. The fraction of sp³-hybridized carbons (Fsp3) is 0.214. The molecule has 0 saturated carbocycles. The first-order valence-electron chi connectivity index (χ1n) is 6.07. The molecule has 5 nitrogen and oxygen atoms in total. The van der Waals surface area contributed by atoms with Crippen LogP contribution in [0.2, 0.25) is 0 Å². The van der Waals surface area contributed by atoms with Crippen LogP contribution in [-0.2, 0) is 16.6 Å². The molecular weight excluding hydrogens is 276 g/mol. The first-order chi connectivity index (χ1) is 9.47. The van der Waals surface area contributed by atoms with E-state index in [1.54, 1.807) is 48.5 Å². The van der Waals surface area contributed by atoms with Crippen LogP contribution in [0.25, 0.3) is 0 Å². The van der Waals surface area contributed by atoms with Crippen LogP contribution in [0.5, 0.6) is 0 Å². The largest absolute Gasteiger partial charge is 0.467 e. The van der Waals surface area contributed by atoms with E-state index in [0.717, 1.165) is 11.3 Å². The van der Waals surface area contributed by atoms with Gasteiger partial charge in [-0.25, -0.2) is 0 Å². The van der Waals surface area contributed by atoms with Gasteiger partial charge in [0.05, 0.1) is 17.7 Å². The summed E-state index contributed by atoms with van der Waals surface area (Å²) in [4.78, 5) is 1.83. The highest BCUT2D eigenvalue weighted by molar-refractivity contribution is 7.90. The molecule has 20 heavy (non-hydrogen) atoms. The molecule has 1 aromatic carbocycles. The normalized spacial score (nSPS) is 11.9. The number of sulfonamides is 1. The van der Waals surface area contributed by atoms with Gasteiger partial charge in [-0.3, -0.25) is 0 Å². The lowest BCUT2D eigenvalue weighted by atomic mass is 10.2. The Morgan fingerprint density at radius 3 is 2.55 bits per heavy atom. The third kappa shape index (κ3) is 3.71. The predicted octanol–water partition coefficient (Wildman–Crippen LogP) is 2.44. The summed E-state index contributed by atoms with van der Waals surface area (Å²) in [6.07, 6.45) is 2.86. The van der Waals surface area contributed by atoms with Crippen molar-refractivity contribution in [3.8, 4) is 0 Å². The highest BCUT2D eigenvalue weighted by atomic mass is 32.2. The zero-order valence-corrected chi connectivity index (χ0v) is 12.2. The van der Waals surface area contributed by atoms with Crippen molar-refractivity contribution >= 4 is 16.4 Å². The lowest BCUT2D eigenvalue weighted by molar-refractivity contribution is 0.418. The Kier molecular flexibility index (Phi) is 4.24. The summed E-state index contributed by atoms with van der Waals surface area (Å²) in [6.45, 7) is 2.36. The summed E-state index contributed by atoms with van der Waals surface area (Å²) < 4.78 is 32.9. The maximum Gasteiger partial charge on any atom is 0.283 e. The van der Waals surface area contributed by atoms with E-state index in [0.29, 0.717) is 6.54 Å². The van der Waals surface area contributed by atoms with Gasteiger partial charge in [0, 0.05) is 7.05 Å². The van der Waals surface area contributed by atoms with Crippen LogP contribution in [0.15, 0.2) is 56.4 Å². The van der Waals surface area contributed by atoms with E-state index >= 15 is 0 Å². The Balaban J connectivity index is 2.07. The van der Waals surface area contributed by atoms with Crippen LogP contribution < -0.4 is 0 Å². The number of aryl methyl sites for hydroxylation is 1. The summed E-state index contributed by atoms with van der Waals surface area (Å²) in [6, 6.07) is 10.2. The molecule has 2 aromatic rings. The molecule has 0 bridgehead atoms. The molecule has 0 spiro atoms. The lowest BCUT2D eigenvalue weighted by Gasteiger charge is -2.10. The van der Waals surface area contributed by atoms with Crippen LogP contribution >= 0.6 is 0 Å². The number of nitrogens with zero attached hydrogens (tertiary/aromatic N) is 2. The Hall–Kier alpha value is -2.08. The first kappa shape index (κ1) is 14.3. The second-order valence-corrected chi connectivity index (χ2v) is 6.14. The van der Waals surface area contributed by atoms with Gasteiger partial charge in [-0.05, 0) is 31.2 Å². The fourth-order valence-corrected chi connectivity index (χ4v) is 2.49. The first-order valence-corrected chi connectivity index (χ1v) is 7.51. The van der Waals surface area contributed by atoms with E-state index in [1.807, 2.05) is 13.0 Å². The summed E-state index contributed by atoms with van der Waals surface area (Å²) in [5.74, 6) is 0.742. The second-order valence-electron chi connectivity index (χ2n) is 4.50.